The fraction of sp³-hybridized carbons (Fsp3) is 0.194. The number of anilines is 1. The van der Waals surface area contributed by atoms with Gasteiger partial charge < -0.3 is 10.1 Å². The zero-order valence-electron chi connectivity index (χ0n) is 23.5. The number of carbonyl (C=O) groups is 2. The van der Waals surface area contributed by atoms with Gasteiger partial charge in [0.05, 0.1) is 22.6 Å². The van der Waals surface area contributed by atoms with E-state index in [4.69, 9.17) is 9.72 Å². The summed E-state index contributed by atoms with van der Waals surface area (Å²) in [6.07, 6.45) is 3.79. The lowest BCUT2D eigenvalue weighted by Gasteiger charge is -2.23. The molecule has 208 valence electrons. The molecule has 5 aromatic rings. The van der Waals surface area contributed by atoms with Crippen LogP contribution in [0.25, 0.3) is 38.9 Å². The lowest BCUT2D eigenvalue weighted by molar-refractivity contribution is -0.116. The molecule has 1 amide bonds. The number of para-hydroxylation sites is 1. The van der Waals surface area contributed by atoms with Crippen molar-refractivity contribution in [2.24, 2.45) is 0 Å². The van der Waals surface area contributed by atoms with E-state index in [0.29, 0.717) is 28.7 Å². The zero-order valence-corrected chi connectivity index (χ0v) is 23.5. The topological polar surface area (TPSA) is 71.5 Å². The van der Waals surface area contributed by atoms with Gasteiger partial charge in [-0.3, -0.25) is 14.5 Å². The number of ether oxygens (including phenoxy) is 1. The van der Waals surface area contributed by atoms with Gasteiger partial charge in [-0.05, 0) is 76.7 Å². The van der Waals surface area contributed by atoms with Gasteiger partial charge in [-0.2, -0.15) is 0 Å². The highest BCUT2D eigenvalue weighted by molar-refractivity contribution is 6.26. The van der Waals surface area contributed by atoms with Crippen LogP contribution in [0, 0.1) is 0 Å². The van der Waals surface area contributed by atoms with Crippen LogP contribution in [-0.4, -0.2) is 35.9 Å². The maximum atomic E-state index is 13.5. The van der Waals surface area contributed by atoms with Gasteiger partial charge in [0.15, 0.2) is 0 Å². The maximum Gasteiger partial charge on any atom is 0.228 e. The molecule has 0 unspecified atom stereocenters. The third-order valence-electron chi connectivity index (χ3n) is 8.25. The summed E-state index contributed by atoms with van der Waals surface area (Å²) in [6, 6.07) is 30.8. The van der Waals surface area contributed by atoms with Crippen molar-refractivity contribution in [1.29, 1.82) is 0 Å². The van der Waals surface area contributed by atoms with Crippen LogP contribution in [0.2, 0.25) is 0 Å². The van der Waals surface area contributed by atoms with Crippen LogP contribution in [0.3, 0.4) is 0 Å². The molecule has 4 aromatic carbocycles. The summed E-state index contributed by atoms with van der Waals surface area (Å²) in [5, 5.41) is 7.04. The highest BCUT2D eigenvalue weighted by Gasteiger charge is 2.34. The van der Waals surface area contributed by atoms with Gasteiger partial charge in [-0.15, -0.1) is 0 Å². The molecule has 0 bridgehead atoms. The summed E-state index contributed by atoms with van der Waals surface area (Å²) < 4.78 is 5.52. The number of aromatic nitrogens is 1. The Morgan fingerprint density at radius 3 is 2.52 bits per heavy atom. The molecule has 6 heteroatoms. The molecule has 7 rings (SSSR count). The van der Waals surface area contributed by atoms with Crippen molar-refractivity contribution in [2.45, 2.75) is 32.4 Å². The molecule has 1 fully saturated rings. The second-order valence-electron chi connectivity index (χ2n) is 11.0. The van der Waals surface area contributed by atoms with Gasteiger partial charge in [0, 0.05) is 43.7 Å². The molecule has 1 N–H and O–H groups in total. The zero-order chi connectivity index (χ0) is 28.6. The summed E-state index contributed by atoms with van der Waals surface area (Å²) in [6.45, 7) is 3.85. The maximum absolute atomic E-state index is 13.5. The first-order valence-corrected chi connectivity index (χ1v) is 14.5. The van der Waals surface area contributed by atoms with Crippen molar-refractivity contribution < 1.29 is 14.3 Å². The molecule has 0 spiro atoms. The standard InChI is InChI=1S/C36H31N3O3/c1-23(40)39-34-12-5-4-10-30(34)36(41)35(39)21-27-20-31(29-11-6-8-25-7-2-3-9-28(25)29)32-19-24(13-14-33(32)38-27)22-37-26-15-17-42-18-16-26/h2-14,19-21,26,37H,15-18,22H2,1H3. The lowest BCUT2D eigenvalue weighted by atomic mass is 9.94. The fourth-order valence-electron chi connectivity index (χ4n) is 6.16. The molecule has 0 saturated carbocycles. The Bertz CT molecular complexity index is 1880. The predicted molar refractivity (Wildman–Crippen MR) is 167 cm³/mol. The number of benzene rings is 4. The van der Waals surface area contributed by atoms with Crippen molar-refractivity contribution in [3.05, 3.63) is 114 Å². The van der Waals surface area contributed by atoms with Crippen molar-refractivity contribution in [1.82, 2.24) is 10.3 Å². The Morgan fingerprint density at radius 2 is 1.67 bits per heavy atom. The van der Waals surface area contributed by atoms with E-state index < -0.39 is 0 Å². The lowest BCUT2D eigenvalue weighted by Crippen LogP contribution is -2.34. The summed E-state index contributed by atoms with van der Waals surface area (Å²) in [5.41, 5.74) is 6.23. The Kier molecular flexibility index (Phi) is 6.86. The fourth-order valence-corrected chi connectivity index (χ4v) is 6.16. The van der Waals surface area contributed by atoms with Crippen molar-refractivity contribution in [3.63, 3.8) is 0 Å². The molecular formula is C36H31N3O3. The predicted octanol–water partition coefficient (Wildman–Crippen LogP) is 6.91. The van der Waals surface area contributed by atoms with Crippen molar-refractivity contribution in [2.75, 3.05) is 18.1 Å². The first-order chi connectivity index (χ1) is 20.6. The number of allylic oxidation sites excluding steroid dienone is 1. The Balaban J connectivity index is 1.37. The van der Waals surface area contributed by atoms with Crippen molar-refractivity contribution >= 4 is 45.1 Å². The normalized spacial score (nSPS) is 16.5. The van der Waals surface area contributed by atoms with Gasteiger partial charge in [0.2, 0.25) is 11.7 Å². The van der Waals surface area contributed by atoms with Gasteiger partial charge in [0.25, 0.3) is 0 Å². The largest absolute Gasteiger partial charge is 0.381 e. The number of rotatable bonds is 5. The average Bonchev–Trinajstić information content (AvgIpc) is 3.31. The van der Waals surface area contributed by atoms with E-state index in [9.17, 15) is 9.59 Å². The summed E-state index contributed by atoms with van der Waals surface area (Å²) >= 11 is 0. The molecule has 0 aliphatic carbocycles. The number of Topliss-reactive ketones (excluding diaryl/α,β-unsaturated/α-hetero) is 1. The first-order valence-electron chi connectivity index (χ1n) is 14.5. The van der Waals surface area contributed by atoms with E-state index in [1.807, 2.05) is 24.3 Å². The minimum Gasteiger partial charge on any atom is -0.381 e. The van der Waals surface area contributed by atoms with Crippen LogP contribution in [0.15, 0.2) is 96.7 Å². The monoisotopic (exact) mass is 553 g/mol. The Labute approximate surface area is 244 Å². The molecule has 6 nitrogen and oxygen atoms in total. The van der Waals surface area contributed by atoms with Crippen LogP contribution >= 0.6 is 0 Å². The minimum absolute atomic E-state index is 0.177. The van der Waals surface area contributed by atoms with Gasteiger partial charge in [0.1, 0.15) is 0 Å². The smallest absolute Gasteiger partial charge is 0.228 e. The molecule has 1 saturated heterocycles. The van der Waals surface area contributed by atoms with E-state index in [-0.39, 0.29) is 11.7 Å². The highest BCUT2D eigenvalue weighted by Crippen LogP contribution is 2.38. The molecule has 2 aliphatic heterocycles. The molecule has 3 heterocycles. The number of ketones is 1. The quantitative estimate of drug-likeness (QED) is 0.239. The molecule has 0 radical (unpaired) electrons. The number of nitrogens with zero attached hydrogens (tertiary/aromatic N) is 2. The van der Waals surface area contributed by atoms with Crippen LogP contribution in [0.4, 0.5) is 5.69 Å². The third kappa shape index (κ3) is 4.79. The molecule has 2 aliphatic rings. The molecule has 42 heavy (non-hydrogen) atoms. The average molecular weight is 554 g/mol. The third-order valence-corrected chi connectivity index (χ3v) is 8.25. The minimum atomic E-state index is -0.212. The summed E-state index contributed by atoms with van der Waals surface area (Å²) in [5.74, 6) is -0.389. The molecular weight excluding hydrogens is 522 g/mol. The van der Waals surface area contributed by atoms with E-state index in [1.165, 1.54) is 17.4 Å². The van der Waals surface area contributed by atoms with Gasteiger partial charge >= 0.3 is 0 Å². The SMILES string of the molecule is CC(=O)N1C(=Cc2cc(-c3cccc4ccccc34)c3cc(CNC4CCOCC4)ccc3n2)C(=O)c2ccccc21. The van der Waals surface area contributed by atoms with Crippen LogP contribution in [0.1, 0.15) is 41.4 Å². The second-order valence-corrected chi connectivity index (χ2v) is 11.0. The summed E-state index contributed by atoms with van der Waals surface area (Å²) in [7, 11) is 0. The number of carbonyl (C=O) groups excluding carboxylic acids is 2. The number of hydrogen-bond donors (Lipinski definition) is 1. The Morgan fingerprint density at radius 1 is 0.905 bits per heavy atom. The van der Waals surface area contributed by atoms with E-state index >= 15 is 0 Å². The van der Waals surface area contributed by atoms with Crippen molar-refractivity contribution in [3.8, 4) is 11.1 Å². The number of pyridine rings is 1. The van der Waals surface area contributed by atoms with Gasteiger partial charge in [-0.1, -0.05) is 60.7 Å². The van der Waals surface area contributed by atoms with Crippen LogP contribution in [-0.2, 0) is 16.1 Å². The molecule has 1 aromatic heterocycles. The molecule has 0 atom stereocenters. The Hall–Kier alpha value is -4.65. The van der Waals surface area contributed by atoms with Crippen LogP contribution < -0.4 is 10.2 Å². The summed E-state index contributed by atoms with van der Waals surface area (Å²) in [4.78, 5) is 32.6. The van der Waals surface area contributed by atoms with E-state index in [0.717, 1.165) is 65.4 Å². The first kappa shape index (κ1) is 26.3. The second kappa shape index (κ2) is 11.0. The van der Waals surface area contributed by atoms with E-state index in [2.05, 4.69) is 59.9 Å². The number of nitrogens with one attached hydrogen (secondary N) is 1. The van der Waals surface area contributed by atoms with E-state index in [1.54, 1.807) is 18.2 Å². The van der Waals surface area contributed by atoms with Gasteiger partial charge in [-0.25, -0.2) is 4.98 Å². The number of fused-ring (bicyclic) bond motifs is 3. The number of hydrogen-bond acceptors (Lipinski definition) is 5. The highest BCUT2D eigenvalue weighted by atomic mass is 16.5. The number of amides is 1. The van der Waals surface area contributed by atoms with Crippen LogP contribution in [0.5, 0.6) is 0 Å².